The summed E-state index contributed by atoms with van der Waals surface area (Å²) in [7, 11) is 1.68. The quantitative estimate of drug-likeness (QED) is 0.774. The fourth-order valence-electron chi connectivity index (χ4n) is 3.20. The number of hydrogen-bond donors (Lipinski definition) is 0. The Morgan fingerprint density at radius 2 is 1.68 bits per heavy atom. The predicted octanol–water partition coefficient (Wildman–Crippen LogP) is 2.81. The molecule has 0 amide bonds. The standard InChI is InChI=1S/C20H27N3O2/c1-3-25-20-13-17(6-7-19(20)24-2)15-22-9-11-23(12-10-22)16-18-5-4-8-21-14-18/h4-8,13-14H,3,9-12,15-16H2,1-2H3. The largest absolute Gasteiger partial charge is 0.493 e. The monoisotopic (exact) mass is 341 g/mol. The van der Waals surface area contributed by atoms with Crippen LogP contribution >= 0.6 is 0 Å². The third kappa shape index (κ3) is 4.94. The average Bonchev–Trinajstić information content (AvgIpc) is 2.65. The highest BCUT2D eigenvalue weighted by Gasteiger charge is 2.17. The molecule has 0 radical (unpaired) electrons. The van der Waals surface area contributed by atoms with E-state index in [1.807, 2.05) is 31.5 Å². The molecule has 2 aromatic rings. The molecule has 5 heteroatoms. The molecule has 0 saturated carbocycles. The van der Waals surface area contributed by atoms with Gasteiger partial charge in [-0.2, -0.15) is 0 Å². The van der Waals surface area contributed by atoms with Crippen LogP contribution in [0, 0.1) is 0 Å². The van der Waals surface area contributed by atoms with Crippen molar-refractivity contribution in [3.8, 4) is 11.5 Å². The van der Waals surface area contributed by atoms with Gasteiger partial charge in [-0.1, -0.05) is 12.1 Å². The Balaban J connectivity index is 1.52. The normalized spacial score (nSPS) is 15.9. The number of aromatic nitrogens is 1. The second kappa shape index (κ2) is 8.83. The third-order valence-electron chi connectivity index (χ3n) is 4.53. The molecule has 1 saturated heterocycles. The number of methoxy groups -OCH3 is 1. The molecule has 134 valence electrons. The molecule has 25 heavy (non-hydrogen) atoms. The summed E-state index contributed by atoms with van der Waals surface area (Å²) in [6.45, 7) is 8.91. The first-order valence-electron chi connectivity index (χ1n) is 8.92. The summed E-state index contributed by atoms with van der Waals surface area (Å²) in [5, 5.41) is 0. The van der Waals surface area contributed by atoms with Gasteiger partial charge in [-0.3, -0.25) is 14.8 Å². The van der Waals surface area contributed by atoms with Crippen LogP contribution in [0.5, 0.6) is 11.5 Å². The Morgan fingerprint density at radius 1 is 0.960 bits per heavy atom. The minimum absolute atomic E-state index is 0.646. The van der Waals surface area contributed by atoms with Gasteiger partial charge in [0, 0.05) is 51.7 Å². The van der Waals surface area contributed by atoms with E-state index in [4.69, 9.17) is 9.47 Å². The van der Waals surface area contributed by atoms with Crippen LogP contribution in [0.15, 0.2) is 42.7 Å². The van der Waals surface area contributed by atoms with Gasteiger partial charge < -0.3 is 9.47 Å². The number of rotatable bonds is 7. The average molecular weight is 341 g/mol. The van der Waals surface area contributed by atoms with Crippen molar-refractivity contribution in [3.63, 3.8) is 0 Å². The first-order valence-corrected chi connectivity index (χ1v) is 8.92. The number of hydrogen-bond acceptors (Lipinski definition) is 5. The van der Waals surface area contributed by atoms with Gasteiger partial charge in [0.1, 0.15) is 0 Å². The molecule has 1 aliphatic rings. The van der Waals surface area contributed by atoms with Crippen LogP contribution in [0.25, 0.3) is 0 Å². The van der Waals surface area contributed by atoms with Crippen LogP contribution in [0.4, 0.5) is 0 Å². The zero-order chi connectivity index (χ0) is 17.5. The molecule has 5 nitrogen and oxygen atoms in total. The zero-order valence-corrected chi connectivity index (χ0v) is 15.1. The van der Waals surface area contributed by atoms with Gasteiger partial charge in [0.25, 0.3) is 0 Å². The first-order chi connectivity index (χ1) is 12.3. The highest BCUT2D eigenvalue weighted by molar-refractivity contribution is 5.43. The molecule has 0 N–H and O–H groups in total. The molecule has 0 bridgehead atoms. The van der Waals surface area contributed by atoms with E-state index in [0.717, 1.165) is 50.8 Å². The molecule has 0 spiro atoms. The highest BCUT2D eigenvalue weighted by Crippen LogP contribution is 2.28. The summed E-state index contributed by atoms with van der Waals surface area (Å²) >= 11 is 0. The lowest BCUT2D eigenvalue weighted by Gasteiger charge is -2.34. The Labute approximate surface area is 150 Å². The summed E-state index contributed by atoms with van der Waals surface area (Å²) in [6, 6.07) is 10.4. The summed E-state index contributed by atoms with van der Waals surface area (Å²) in [5.74, 6) is 1.63. The van der Waals surface area contributed by atoms with Crippen molar-refractivity contribution >= 4 is 0 Å². The molecular weight excluding hydrogens is 314 g/mol. The summed E-state index contributed by atoms with van der Waals surface area (Å²) in [5.41, 5.74) is 2.55. The van der Waals surface area contributed by atoms with Crippen molar-refractivity contribution in [3.05, 3.63) is 53.9 Å². The van der Waals surface area contributed by atoms with Gasteiger partial charge in [0.15, 0.2) is 11.5 Å². The lowest BCUT2D eigenvalue weighted by molar-refractivity contribution is 0.122. The maximum Gasteiger partial charge on any atom is 0.161 e. The van der Waals surface area contributed by atoms with Crippen molar-refractivity contribution in [1.82, 2.24) is 14.8 Å². The fourth-order valence-corrected chi connectivity index (χ4v) is 3.20. The van der Waals surface area contributed by atoms with Gasteiger partial charge in [-0.05, 0) is 36.2 Å². The van der Waals surface area contributed by atoms with Crippen LogP contribution in [-0.4, -0.2) is 54.7 Å². The topological polar surface area (TPSA) is 37.8 Å². The Hall–Kier alpha value is -2.11. The van der Waals surface area contributed by atoms with Gasteiger partial charge in [0.2, 0.25) is 0 Å². The van der Waals surface area contributed by atoms with Crippen LogP contribution in [0.3, 0.4) is 0 Å². The number of ether oxygens (including phenoxy) is 2. The van der Waals surface area contributed by atoms with E-state index < -0.39 is 0 Å². The van der Waals surface area contributed by atoms with Gasteiger partial charge in [-0.15, -0.1) is 0 Å². The molecule has 3 rings (SSSR count). The lowest BCUT2D eigenvalue weighted by Crippen LogP contribution is -2.45. The van der Waals surface area contributed by atoms with Crippen molar-refractivity contribution in [2.24, 2.45) is 0 Å². The number of nitrogens with zero attached hydrogens (tertiary/aromatic N) is 3. The molecule has 1 fully saturated rings. The second-order valence-electron chi connectivity index (χ2n) is 6.33. The molecule has 0 atom stereocenters. The molecule has 1 aliphatic heterocycles. The van der Waals surface area contributed by atoms with Crippen LogP contribution < -0.4 is 9.47 Å². The maximum atomic E-state index is 5.68. The van der Waals surface area contributed by atoms with E-state index in [-0.39, 0.29) is 0 Å². The number of benzene rings is 1. The Kier molecular flexibility index (Phi) is 6.25. The molecule has 1 aromatic heterocycles. The highest BCUT2D eigenvalue weighted by atomic mass is 16.5. The first kappa shape index (κ1) is 17.7. The van der Waals surface area contributed by atoms with E-state index in [0.29, 0.717) is 6.61 Å². The Morgan fingerprint density at radius 3 is 2.28 bits per heavy atom. The maximum absolute atomic E-state index is 5.68. The summed E-state index contributed by atoms with van der Waals surface area (Å²) < 4.78 is 11.0. The minimum Gasteiger partial charge on any atom is -0.493 e. The zero-order valence-electron chi connectivity index (χ0n) is 15.1. The SMILES string of the molecule is CCOc1cc(CN2CCN(Cc3cccnc3)CC2)ccc1OC. The smallest absolute Gasteiger partial charge is 0.161 e. The fraction of sp³-hybridized carbons (Fsp3) is 0.450. The molecule has 2 heterocycles. The minimum atomic E-state index is 0.646. The predicted molar refractivity (Wildman–Crippen MR) is 99.0 cm³/mol. The molecular formula is C20H27N3O2. The molecule has 0 unspecified atom stereocenters. The van der Waals surface area contributed by atoms with Gasteiger partial charge in [-0.25, -0.2) is 0 Å². The lowest BCUT2D eigenvalue weighted by atomic mass is 10.1. The van der Waals surface area contributed by atoms with E-state index in [9.17, 15) is 0 Å². The van der Waals surface area contributed by atoms with Crippen LogP contribution in [0.2, 0.25) is 0 Å². The molecule has 1 aromatic carbocycles. The van der Waals surface area contributed by atoms with Crippen molar-refractivity contribution < 1.29 is 9.47 Å². The van der Waals surface area contributed by atoms with E-state index in [2.05, 4.69) is 33.0 Å². The van der Waals surface area contributed by atoms with E-state index >= 15 is 0 Å². The van der Waals surface area contributed by atoms with Gasteiger partial charge >= 0.3 is 0 Å². The second-order valence-corrected chi connectivity index (χ2v) is 6.33. The summed E-state index contributed by atoms with van der Waals surface area (Å²) in [4.78, 5) is 9.19. The van der Waals surface area contributed by atoms with Crippen molar-refractivity contribution in [1.29, 1.82) is 0 Å². The van der Waals surface area contributed by atoms with Gasteiger partial charge in [0.05, 0.1) is 13.7 Å². The van der Waals surface area contributed by atoms with Crippen molar-refractivity contribution in [2.45, 2.75) is 20.0 Å². The molecule has 0 aliphatic carbocycles. The van der Waals surface area contributed by atoms with E-state index in [1.54, 1.807) is 7.11 Å². The van der Waals surface area contributed by atoms with E-state index in [1.165, 1.54) is 11.1 Å². The van der Waals surface area contributed by atoms with Crippen LogP contribution in [0.1, 0.15) is 18.1 Å². The summed E-state index contributed by atoms with van der Waals surface area (Å²) in [6.07, 6.45) is 3.78. The number of pyridine rings is 1. The Bertz CT molecular complexity index is 655. The number of piperazine rings is 1. The van der Waals surface area contributed by atoms with Crippen molar-refractivity contribution in [2.75, 3.05) is 39.9 Å². The van der Waals surface area contributed by atoms with Crippen LogP contribution in [-0.2, 0) is 13.1 Å². The third-order valence-corrected chi connectivity index (χ3v) is 4.53.